The molecule has 2 aliphatic heterocycles. The molecule has 0 spiro atoms. The lowest BCUT2D eigenvalue weighted by Gasteiger charge is -2.32. The van der Waals surface area contributed by atoms with Crippen LogP contribution in [0.5, 0.6) is 0 Å². The van der Waals surface area contributed by atoms with Crippen LogP contribution < -0.4 is 5.32 Å². The number of nitrogens with one attached hydrogen (secondary N) is 1. The second-order valence-electron chi connectivity index (χ2n) is 11.5. The van der Waals surface area contributed by atoms with Crippen molar-refractivity contribution in [2.75, 3.05) is 51.6 Å². The van der Waals surface area contributed by atoms with Crippen LogP contribution in [0.25, 0.3) is 11.1 Å². The van der Waals surface area contributed by atoms with Crippen LogP contribution in [-0.2, 0) is 11.3 Å². The molecule has 2 fully saturated rings. The topological polar surface area (TPSA) is 85.4 Å². The van der Waals surface area contributed by atoms with E-state index in [1.165, 1.54) is 6.07 Å². The number of nitrogens with zero attached hydrogens (tertiary/aromatic N) is 3. The number of benzene rings is 3. The summed E-state index contributed by atoms with van der Waals surface area (Å²) in [7, 11) is 1.70. The van der Waals surface area contributed by atoms with Crippen molar-refractivity contribution in [3.63, 3.8) is 0 Å². The molecule has 43 heavy (non-hydrogen) atoms. The molecule has 0 radical (unpaired) electrons. The van der Waals surface area contributed by atoms with Crippen molar-refractivity contribution in [3.8, 4) is 11.1 Å². The maximum absolute atomic E-state index is 14.9. The van der Waals surface area contributed by atoms with Crippen molar-refractivity contribution < 1.29 is 23.8 Å². The van der Waals surface area contributed by atoms with E-state index < -0.39 is 11.9 Å². The quantitative estimate of drug-likeness (QED) is 0.356. The molecule has 2 aliphatic rings. The molecule has 228 valence electrons. The number of halogens is 1. The standard InChI is InChI=1S/C34H41FN4O4/c1-37(33(41)30-12-11-25(23-31(30)35)24-39-17-13-27(40)14-18-39)21-22-38-19-15-28(16-20-38)43-34(42)36-32-10-6-5-9-29(32)26-7-3-2-4-8-26/h2-12,23,27-28,40H,13-22,24H2,1H3,(H,36,42). The van der Waals surface area contributed by atoms with Crippen LogP contribution in [0.4, 0.5) is 14.9 Å². The zero-order chi connectivity index (χ0) is 30.2. The number of hydrogen-bond donors (Lipinski definition) is 2. The summed E-state index contributed by atoms with van der Waals surface area (Å²) >= 11 is 0. The molecule has 0 atom stereocenters. The second kappa shape index (κ2) is 14.6. The normalized spacial score (nSPS) is 17.0. The molecular formula is C34H41FN4O4. The van der Waals surface area contributed by atoms with E-state index in [0.717, 1.165) is 55.7 Å². The summed E-state index contributed by atoms with van der Waals surface area (Å²) in [5.74, 6) is -0.843. The number of para-hydroxylation sites is 1. The van der Waals surface area contributed by atoms with E-state index in [2.05, 4.69) is 15.1 Å². The highest BCUT2D eigenvalue weighted by Gasteiger charge is 2.24. The Morgan fingerprint density at radius 2 is 1.60 bits per heavy atom. The third-order valence-electron chi connectivity index (χ3n) is 8.38. The van der Waals surface area contributed by atoms with Gasteiger partial charge in [-0.05, 0) is 55.0 Å². The summed E-state index contributed by atoms with van der Waals surface area (Å²) in [5, 5.41) is 12.6. The fourth-order valence-electron chi connectivity index (χ4n) is 5.77. The summed E-state index contributed by atoms with van der Waals surface area (Å²) in [6.45, 7) is 4.80. The summed E-state index contributed by atoms with van der Waals surface area (Å²) in [6.07, 6.45) is 1.98. The number of anilines is 1. The maximum Gasteiger partial charge on any atom is 0.411 e. The van der Waals surface area contributed by atoms with E-state index in [-0.39, 0.29) is 23.7 Å². The van der Waals surface area contributed by atoms with Gasteiger partial charge in [0.1, 0.15) is 11.9 Å². The number of hydrogen-bond acceptors (Lipinski definition) is 6. The minimum atomic E-state index is -0.506. The lowest BCUT2D eigenvalue weighted by atomic mass is 10.0. The van der Waals surface area contributed by atoms with Gasteiger partial charge in [-0.3, -0.25) is 15.0 Å². The van der Waals surface area contributed by atoms with E-state index >= 15 is 0 Å². The fraction of sp³-hybridized carbons (Fsp3) is 0.412. The van der Waals surface area contributed by atoms with Gasteiger partial charge < -0.3 is 19.6 Å². The number of rotatable bonds is 9. The first-order valence-electron chi connectivity index (χ1n) is 15.1. The highest BCUT2D eigenvalue weighted by atomic mass is 19.1. The van der Waals surface area contributed by atoms with Crippen LogP contribution in [0.1, 0.15) is 41.6 Å². The average molecular weight is 589 g/mol. The molecule has 3 aromatic carbocycles. The lowest BCUT2D eigenvalue weighted by molar-refractivity contribution is 0.0539. The first-order chi connectivity index (χ1) is 20.9. The van der Waals surface area contributed by atoms with E-state index in [0.29, 0.717) is 38.2 Å². The predicted octanol–water partition coefficient (Wildman–Crippen LogP) is 5.23. The zero-order valence-electron chi connectivity index (χ0n) is 24.8. The Kier molecular flexibility index (Phi) is 10.4. The molecule has 5 rings (SSSR count). The van der Waals surface area contributed by atoms with Crippen molar-refractivity contribution in [1.82, 2.24) is 14.7 Å². The second-order valence-corrected chi connectivity index (χ2v) is 11.5. The number of amides is 2. The van der Waals surface area contributed by atoms with Gasteiger partial charge in [-0.2, -0.15) is 0 Å². The molecule has 8 nitrogen and oxygen atoms in total. The Hall–Kier alpha value is -3.79. The molecule has 9 heteroatoms. The fourth-order valence-corrected chi connectivity index (χ4v) is 5.77. The van der Waals surface area contributed by atoms with Gasteiger partial charge in [-0.1, -0.05) is 54.6 Å². The Labute approximate surface area is 253 Å². The molecule has 2 N–H and O–H groups in total. The van der Waals surface area contributed by atoms with E-state index in [4.69, 9.17) is 4.74 Å². The van der Waals surface area contributed by atoms with Gasteiger partial charge >= 0.3 is 6.09 Å². The number of aliphatic hydroxyl groups excluding tert-OH is 1. The van der Waals surface area contributed by atoms with Gasteiger partial charge in [0.05, 0.1) is 17.4 Å². The highest BCUT2D eigenvalue weighted by Crippen LogP contribution is 2.28. The van der Waals surface area contributed by atoms with Gasteiger partial charge in [0, 0.05) is 58.4 Å². The third-order valence-corrected chi connectivity index (χ3v) is 8.38. The molecule has 2 heterocycles. The molecule has 0 saturated carbocycles. The first kappa shape index (κ1) is 30.7. The van der Waals surface area contributed by atoms with Crippen LogP contribution in [-0.4, -0.2) is 90.3 Å². The monoisotopic (exact) mass is 588 g/mol. The number of ether oxygens (including phenoxy) is 1. The van der Waals surface area contributed by atoms with Crippen molar-refractivity contribution in [3.05, 3.63) is 89.7 Å². The number of aliphatic hydroxyl groups is 1. The minimum absolute atomic E-state index is 0.0762. The van der Waals surface area contributed by atoms with Crippen LogP contribution in [0.2, 0.25) is 0 Å². The van der Waals surface area contributed by atoms with E-state index in [9.17, 15) is 19.1 Å². The smallest absolute Gasteiger partial charge is 0.411 e. The van der Waals surface area contributed by atoms with Crippen molar-refractivity contribution in [2.24, 2.45) is 0 Å². The van der Waals surface area contributed by atoms with Crippen LogP contribution in [0.15, 0.2) is 72.8 Å². The Bertz CT molecular complexity index is 1370. The minimum Gasteiger partial charge on any atom is -0.446 e. The Morgan fingerprint density at radius 3 is 2.33 bits per heavy atom. The van der Waals surface area contributed by atoms with Crippen LogP contribution >= 0.6 is 0 Å². The van der Waals surface area contributed by atoms with E-state index in [1.54, 1.807) is 18.0 Å². The number of carbonyl (C=O) groups excluding carboxylic acids is 2. The Balaban J connectivity index is 1.04. The van der Waals surface area contributed by atoms with Gasteiger partial charge in [0.15, 0.2) is 0 Å². The maximum atomic E-state index is 14.9. The first-order valence-corrected chi connectivity index (χ1v) is 15.1. The largest absolute Gasteiger partial charge is 0.446 e. The molecule has 2 amide bonds. The molecular weight excluding hydrogens is 547 g/mol. The number of carbonyl (C=O) groups is 2. The van der Waals surface area contributed by atoms with E-state index in [1.807, 2.05) is 60.7 Å². The average Bonchev–Trinajstić information content (AvgIpc) is 3.02. The number of piperidine rings is 2. The SMILES string of the molecule is CN(CCN1CCC(OC(=O)Nc2ccccc2-c2ccccc2)CC1)C(=O)c1ccc(CN2CCC(O)CC2)cc1F. The summed E-state index contributed by atoms with van der Waals surface area (Å²) in [6, 6.07) is 22.4. The van der Waals surface area contributed by atoms with Gasteiger partial charge in [-0.15, -0.1) is 0 Å². The molecule has 3 aromatic rings. The molecule has 0 aromatic heterocycles. The number of likely N-dealkylation sites (tertiary alicyclic amines) is 2. The summed E-state index contributed by atoms with van der Waals surface area (Å²) in [4.78, 5) is 31.7. The summed E-state index contributed by atoms with van der Waals surface area (Å²) < 4.78 is 20.6. The van der Waals surface area contributed by atoms with Gasteiger partial charge in [0.25, 0.3) is 5.91 Å². The molecule has 0 unspecified atom stereocenters. The van der Waals surface area contributed by atoms with Gasteiger partial charge in [0.2, 0.25) is 0 Å². The van der Waals surface area contributed by atoms with Crippen LogP contribution in [0.3, 0.4) is 0 Å². The Morgan fingerprint density at radius 1 is 0.930 bits per heavy atom. The van der Waals surface area contributed by atoms with Gasteiger partial charge in [-0.25, -0.2) is 9.18 Å². The van der Waals surface area contributed by atoms with Crippen molar-refractivity contribution in [2.45, 2.75) is 44.4 Å². The number of likely N-dealkylation sites (N-methyl/N-ethyl adjacent to an activating group) is 1. The third kappa shape index (κ3) is 8.40. The molecule has 2 saturated heterocycles. The van der Waals surface area contributed by atoms with Crippen molar-refractivity contribution >= 4 is 17.7 Å². The molecule has 0 bridgehead atoms. The van der Waals surface area contributed by atoms with Crippen molar-refractivity contribution in [1.29, 1.82) is 0 Å². The predicted molar refractivity (Wildman–Crippen MR) is 165 cm³/mol. The zero-order valence-corrected chi connectivity index (χ0v) is 24.8. The lowest BCUT2D eigenvalue weighted by Crippen LogP contribution is -2.42. The highest BCUT2D eigenvalue weighted by molar-refractivity contribution is 5.94. The van der Waals surface area contributed by atoms with Crippen LogP contribution in [0, 0.1) is 5.82 Å². The molecule has 0 aliphatic carbocycles. The summed E-state index contributed by atoms with van der Waals surface area (Å²) in [5.41, 5.74) is 3.56.